The fourth-order valence-electron chi connectivity index (χ4n) is 1.39. The second-order valence-electron chi connectivity index (χ2n) is 4.06. The predicted molar refractivity (Wildman–Crippen MR) is 77.6 cm³/mol. The first-order chi connectivity index (χ1) is 9.02. The molecular weight excluding hydrogens is 287 g/mol. The summed E-state index contributed by atoms with van der Waals surface area (Å²) in [7, 11) is 0. The molecule has 0 spiro atoms. The topological polar surface area (TPSA) is 58.2 Å². The first-order valence-electron chi connectivity index (χ1n) is 6.04. The second kappa shape index (κ2) is 8.02. The summed E-state index contributed by atoms with van der Waals surface area (Å²) in [5.74, 6) is -0.668. The molecule has 0 bridgehead atoms. The Hall–Kier alpha value is -1.26. The highest BCUT2D eigenvalue weighted by Crippen LogP contribution is 2.24. The molecule has 0 saturated carbocycles. The van der Waals surface area contributed by atoms with Crippen molar-refractivity contribution in [1.82, 2.24) is 5.32 Å². The minimum Gasteiger partial charge on any atom is -0.356 e. The summed E-state index contributed by atoms with van der Waals surface area (Å²) in [5, 5.41) is 6.03. The molecule has 1 aromatic carbocycles. The number of unbranched alkanes of at least 4 members (excludes halogenated alkanes) is 1. The predicted octanol–water partition coefficient (Wildman–Crippen LogP) is 3.24. The molecule has 0 aliphatic carbocycles. The third-order valence-electron chi connectivity index (χ3n) is 2.38. The van der Waals surface area contributed by atoms with Crippen molar-refractivity contribution < 1.29 is 9.59 Å². The number of carbonyl (C=O) groups excluding carboxylic acids is 2. The zero-order chi connectivity index (χ0) is 14.3. The molecule has 0 atom stereocenters. The van der Waals surface area contributed by atoms with E-state index in [0.29, 0.717) is 22.3 Å². The number of rotatable bonds is 6. The number of benzene rings is 1. The fraction of sp³-hybridized carbons (Fsp3) is 0.385. The van der Waals surface area contributed by atoms with E-state index in [9.17, 15) is 9.59 Å². The molecule has 4 nitrogen and oxygen atoms in total. The van der Waals surface area contributed by atoms with Crippen molar-refractivity contribution in [3.05, 3.63) is 28.2 Å². The monoisotopic (exact) mass is 302 g/mol. The van der Waals surface area contributed by atoms with Crippen LogP contribution in [0.15, 0.2) is 18.2 Å². The van der Waals surface area contributed by atoms with E-state index in [1.807, 2.05) is 6.92 Å². The molecule has 0 aliphatic heterocycles. The smallest absolute Gasteiger partial charge is 0.233 e. The van der Waals surface area contributed by atoms with Gasteiger partial charge in [-0.15, -0.1) is 0 Å². The van der Waals surface area contributed by atoms with E-state index in [1.165, 1.54) is 6.07 Å². The zero-order valence-electron chi connectivity index (χ0n) is 10.6. The normalized spacial score (nSPS) is 10.1. The Balaban J connectivity index is 2.42. The van der Waals surface area contributed by atoms with Crippen molar-refractivity contribution >= 4 is 40.7 Å². The highest BCUT2D eigenvalue weighted by molar-refractivity contribution is 6.42. The van der Waals surface area contributed by atoms with Crippen molar-refractivity contribution in [1.29, 1.82) is 0 Å². The minimum absolute atomic E-state index is 0.204. The Morgan fingerprint density at radius 3 is 2.53 bits per heavy atom. The van der Waals surface area contributed by atoms with Crippen LogP contribution in [0.5, 0.6) is 0 Å². The van der Waals surface area contributed by atoms with Crippen molar-refractivity contribution in [2.75, 3.05) is 11.9 Å². The van der Waals surface area contributed by atoms with Gasteiger partial charge in [-0.25, -0.2) is 0 Å². The van der Waals surface area contributed by atoms with Crippen molar-refractivity contribution in [3.8, 4) is 0 Å². The average Bonchev–Trinajstić information content (AvgIpc) is 2.34. The summed E-state index contributed by atoms with van der Waals surface area (Å²) in [6, 6.07) is 4.75. The van der Waals surface area contributed by atoms with E-state index in [1.54, 1.807) is 12.1 Å². The minimum atomic E-state index is -0.382. The van der Waals surface area contributed by atoms with Gasteiger partial charge in [0.2, 0.25) is 11.8 Å². The summed E-state index contributed by atoms with van der Waals surface area (Å²) >= 11 is 11.6. The molecule has 104 valence electrons. The molecule has 2 amide bonds. The molecule has 19 heavy (non-hydrogen) atoms. The van der Waals surface area contributed by atoms with Gasteiger partial charge < -0.3 is 10.6 Å². The second-order valence-corrected chi connectivity index (χ2v) is 4.87. The van der Waals surface area contributed by atoms with Gasteiger partial charge in [0, 0.05) is 12.2 Å². The number of hydrogen-bond acceptors (Lipinski definition) is 2. The van der Waals surface area contributed by atoms with E-state index in [2.05, 4.69) is 10.6 Å². The number of hydrogen-bond donors (Lipinski definition) is 2. The SMILES string of the molecule is CCCCNC(=O)CC(=O)Nc1ccc(Cl)c(Cl)c1. The van der Waals surface area contributed by atoms with Crippen LogP contribution in [-0.4, -0.2) is 18.4 Å². The van der Waals surface area contributed by atoms with Crippen molar-refractivity contribution in [3.63, 3.8) is 0 Å². The molecule has 0 unspecified atom stereocenters. The summed E-state index contributed by atoms with van der Waals surface area (Å²) in [6.07, 6.45) is 1.69. The van der Waals surface area contributed by atoms with Crippen LogP contribution in [0.3, 0.4) is 0 Å². The van der Waals surface area contributed by atoms with Crippen molar-refractivity contribution in [2.24, 2.45) is 0 Å². The molecule has 1 rings (SSSR count). The van der Waals surface area contributed by atoms with Crippen LogP contribution in [0.1, 0.15) is 26.2 Å². The quantitative estimate of drug-likeness (QED) is 0.626. The van der Waals surface area contributed by atoms with Gasteiger partial charge in [0.05, 0.1) is 10.0 Å². The van der Waals surface area contributed by atoms with E-state index in [0.717, 1.165) is 12.8 Å². The Morgan fingerprint density at radius 2 is 1.89 bits per heavy atom. The van der Waals surface area contributed by atoms with Crippen LogP contribution in [0.2, 0.25) is 10.0 Å². The molecule has 0 fully saturated rings. The number of nitrogens with one attached hydrogen (secondary N) is 2. The summed E-state index contributed by atoms with van der Waals surface area (Å²) in [4.78, 5) is 23.0. The van der Waals surface area contributed by atoms with Crippen LogP contribution in [0, 0.1) is 0 Å². The standard InChI is InChI=1S/C13H16Cl2N2O2/c1-2-3-6-16-12(18)8-13(19)17-9-4-5-10(14)11(15)7-9/h4-5,7H,2-3,6,8H2,1H3,(H,16,18)(H,17,19). The number of halogens is 2. The molecule has 0 radical (unpaired) electrons. The Morgan fingerprint density at radius 1 is 1.16 bits per heavy atom. The van der Waals surface area contributed by atoms with Gasteiger partial charge in [0.1, 0.15) is 6.42 Å². The fourth-order valence-corrected chi connectivity index (χ4v) is 1.69. The molecule has 0 aliphatic rings. The molecular formula is C13H16Cl2N2O2. The van der Waals surface area contributed by atoms with Gasteiger partial charge in [-0.3, -0.25) is 9.59 Å². The van der Waals surface area contributed by atoms with Crippen LogP contribution in [0.4, 0.5) is 5.69 Å². The third kappa shape index (κ3) is 5.94. The van der Waals surface area contributed by atoms with Gasteiger partial charge in [-0.1, -0.05) is 36.5 Å². The van der Waals surface area contributed by atoms with Crippen LogP contribution < -0.4 is 10.6 Å². The summed E-state index contributed by atoms with van der Waals surface area (Å²) in [5.41, 5.74) is 0.515. The lowest BCUT2D eigenvalue weighted by Gasteiger charge is -2.07. The van der Waals surface area contributed by atoms with Crippen LogP contribution >= 0.6 is 23.2 Å². The van der Waals surface area contributed by atoms with Gasteiger partial charge in [0.25, 0.3) is 0 Å². The maximum atomic E-state index is 11.6. The number of carbonyl (C=O) groups is 2. The highest BCUT2D eigenvalue weighted by atomic mass is 35.5. The molecule has 0 saturated heterocycles. The van der Waals surface area contributed by atoms with E-state index in [4.69, 9.17) is 23.2 Å². The first kappa shape index (κ1) is 15.8. The molecule has 0 heterocycles. The summed E-state index contributed by atoms with van der Waals surface area (Å²) in [6.45, 7) is 2.62. The van der Waals surface area contributed by atoms with Crippen LogP contribution in [0.25, 0.3) is 0 Å². The van der Waals surface area contributed by atoms with Gasteiger partial charge in [0.15, 0.2) is 0 Å². The summed E-state index contributed by atoms with van der Waals surface area (Å²) < 4.78 is 0. The first-order valence-corrected chi connectivity index (χ1v) is 6.80. The maximum absolute atomic E-state index is 11.6. The lowest BCUT2D eigenvalue weighted by atomic mass is 10.3. The van der Waals surface area contributed by atoms with E-state index < -0.39 is 0 Å². The zero-order valence-corrected chi connectivity index (χ0v) is 12.1. The Bertz CT molecular complexity index is 464. The molecule has 6 heteroatoms. The van der Waals surface area contributed by atoms with Gasteiger partial charge in [-0.05, 0) is 24.6 Å². The lowest BCUT2D eigenvalue weighted by Crippen LogP contribution is -2.28. The van der Waals surface area contributed by atoms with Gasteiger partial charge >= 0.3 is 0 Å². The Labute approximate surface area is 122 Å². The third-order valence-corrected chi connectivity index (χ3v) is 3.12. The highest BCUT2D eigenvalue weighted by Gasteiger charge is 2.09. The lowest BCUT2D eigenvalue weighted by molar-refractivity contribution is -0.126. The average molecular weight is 303 g/mol. The molecule has 0 aromatic heterocycles. The maximum Gasteiger partial charge on any atom is 0.233 e. The van der Waals surface area contributed by atoms with E-state index >= 15 is 0 Å². The van der Waals surface area contributed by atoms with Crippen molar-refractivity contribution in [2.45, 2.75) is 26.2 Å². The number of anilines is 1. The number of amides is 2. The molecule has 1 aromatic rings. The van der Waals surface area contributed by atoms with Gasteiger partial charge in [-0.2, -0.15) is 0 Å². The Kier molecular flexibility index (Phi) is 6.67. The van der Waals surface area contributed by atoms with E-state index in [-0.39, 0.29) is 18.2 Å². The largest absolute Gasteiger partial charge is 0.356 e. The van der Waals surface area contributed by atoms with Crippen LogP contribution in [-0.2, 0) is 9.59 Å². The molecule has 2 N–H and O–H groups in total.